The highest BCUT2D eigenvalue weighted by Gasteiger charge is 2.66. The van der Waals surface area contributed by atoms with Gasteiger partial charge in [0, 0.05) is 7.05 Å². The summed E-state index contributed by atoms with van der Waals surface area (Å²) in [6.07, 6.45) is -3.75. The van der Waals surface area contributed by atoms with Crippen molar-refractivity contribution in [2.75, 3.05) is 14.1 Å². The highest BCUT2D eigenvalue weighted by Crippen LogP contribution is 2.42. The van der Waals surface area contributed by atoms with E-state index in [0.29, 0.717) is 0 Å². The fourth-order valence-corrected chi connectivity index (χ4v) is 1.43. The Morgan fingerprint density at radius 1 is 1.50 bits per heavy atom. The van der Waals surface area contributed by atoms with Crippen molar-refractivity contribution in [3.05, 3.63) is 0 Å². The lowest BCUT2D eigenvalue weighted by atomic mass is 10.2. The summed E-state index contributed by atoms with van der Waals surface area (Å²) in [5, 5.41) is 2.14. The average Bonchev–Trinajstić information content (AvgIpc) is 2.76. The molecule has 1 saturated heterocycles. The summed E-state index contributed by atoms with van der Waals surface area (Å²) in [5.74, 6) is -4.80. The van der Waals surface area contributed by atoms with Crippen molar-refractivity contribution < 1.29 is 22.4 Å². The van der Waals surface area contributed by atoms with Crippen molar-refractivity contribution in [3.8, 4) is 0 Å². The number of alkyl halides is 4. The van der Waals surface area contributed by atoms with Crippen LogP contribution in [0.4, 0.5) is 17.6 Å². The third-order valence-corrected chi connectivity index (χ3v) is 2.29. The fourth-order valence-electron chi connectivity index (χ4n) is 1.43. The summed E-state index contributed by atoms with van der Waals surface area (Å²) in [5.41, 5.74) is 0. The van der Waals surface area contributed by atoms with Crippen LogP contribution in [0.15, 0.2) is 0 Å². The van der Waals surface area contributed by atoms with E-state index in [-0.39, 0.29) is 0 Å². The predicted molar refractivity (Wildman–Crippen MR) is 40.4 cm³/mol. The van der Waals surface area contributed by atoms with E-state index >= 15 is 0 Å². The number of carbonyl (C=O) groups is 1. The van der Waals surface area contributed by atoms with Crippen LogP contribution in [0.5, 0.6) is 0 Å². The summed E-state index contributed by atoms with van der Waals surface area (Å²) in [4.78, 5) is 11.9. The van der Waals surface area contributed by atoms with Gasteiger partial charge in [-0.25, -0.2) is 8.78 Å². The first-order valence-corrected chi connectivity index (χ1v) is 3.93. The van der Waals surface area contributed by atoms with E-state index in [1.54, 1.807) is 0 Å². The van der Waals surface area contributed by atoms with E-state index in [4.69, 9.17) is 0 Å². The van der Waals surface area contributed by atoms with Crippen molar-refractivity contribution >= 4 is 5.91 Å². The molecule has 1 amide bonds. The molecule has 3 nitrogen and oxygen atoms in total. The van der Waals surface area contributed by atoms with Gasteiger partial charge in [0.15, 0.2) is 0 Å². The zero-order chi connectivity index (χ0) is 11.1. The van der Waals surface area contributed by atoms with Gasteiger partial charge in [0.05, 0.1) is 0 Å². The van der Waals surface area contributed by atoms with Crippen LogP contribution in [0.1, 0.15) is 0 Å². The van der Waals surface area contributed by atoms with Crippen LogP contribution in [0, 0.1) is 0 Å². The minimum absolute atomic E-state index is 0.669. The normalized spacial score (nSPS) is 31.8. The topological polar surface area (TPSA) is 32.1 Å². The zero-order valence-electron chi connectivity index (χ0n) is 7.60. The van der Waals surface area contributed by atoms with Crippen molar-refractivity contribution in [1.82, 2.24) is 10.2 Å². The monoisotopic (exact) mass is 214 g/mol. The Kier molecular flexibility index (Phi) is 2.71. The van der Waals surface area contributed by atoms with Crippen LogP contribution in [0.25, 0.3) is 0 Å². The van der Waals surface area contributed by atoms with Gasteiger partial charge in [-0.3, -0.25) is 9.69 Å². The summed E-state index contributed by atoms with van der Waals surface area (Å²) in [7, 11) is 2.48. The molecule has 0 radical (unpaired) electrons. The number of nitrogens with one attached hydrogen (secondary N) is 1. The van der Waals surface area contributed by atoms with E-state index in [9.17, 15) is 22.4 Å². The van der Waals surface area contributed by atoms with Gasteiger partial charge in [0.25, 0.3) is 0 Å². The van der Waals surface area contributed by atoms with Crippen LogP contribution >= 0.6 is 0 Å². The van der Waals surface area contributed by atoms with E-state index in [1.165, 1.54) is 14.1 Å². The van der Waals surface area contributed by atoms with Gasteiger partial charge >= 0.3 is 12.3 Å². The lowest BCUT2D eigenvalue weighted by molar-refractivity contribution is -0.136. The van der Waals surface area contributed by atoms with Crippen molar-refractivity contribution in [3.63, 3.8) is 0 Å². The third kappa shape index (κ3) is 1.56. The Hall–Kier alpha value is -0.850. The molecule has 0 spiro atoms. The van der Waals surface area contributed by atoms with Gasteiger partial charge in [0.2, 0.25) is 5.91 Å². The molecular weight excluding hydrogens is 204 g/mol. The highest BCUT2D eigenvalue weighted by molar-refractivity contribution is 5.85. The molecule has 1 aliphatic heterocycles. The van der Waals surface area contributed by atoms with Crippen LogP contribution in [0.3, 0.4) is 0 Å². The summed E-state index contributed by atoms with van der Waals surface area (Å²) >= 11 is 0. The Labute approximate surface area is 78.1 Å². The van der Waals surface area contributed by atoms with Gasteiger partial charge in [-0.1, -0.05) is 0 Å². The van der Waals surface area contributed by atoms with Gasteiger partial charge in [-0.15, -0.1) is 0 Å². The Balaban J connectivity index is 2.70. The summed E-state index contributed by atoms with van der Waals surface area (Å²) < 4.78 is 49.3. The largest absolute Gasteiger partial charge is 0.358 e. The third-order valence-electron chi connectivity index (χ3n) is 2.29. The van der Waals surface area contributed by atoms with Gasteiger partial charge in [-0.05, 0) is 7.05 Å². The standard InChI is InChI=1S/C7H10F4N2O/c1-12-5(14)3-4(13(3)2)7(10,11)6(8)9/h3-4,6H,1-2H3,(H,12,14). The van der Waals surface area contributed by atoms with Gasteiger partial charge < -0.3 is 5.32 Å². The van der Waals surface area contributed by atoms with Crippen LogP contribution in [0.2, 0.25) is 0 Å². The van der Waals surface area contributed by atoms with E-state index < -0.39 is 30.3 Å². The van der Waals surface area contributed by atoms with Crippen LogP contribution < -0.4 is 5.32 Å². The maximum absolute atomic E-state index is 12.8. The lowest BCUT2D eigenvalue weighted by Crippen LogP contribution is -2.37. The second-order valence-electron chi connectivity index (χ2n) is 3.14. The molecule has 0 aromatic heterocycles. The number of hydrogen-bond acceptors (Lipinski definition) is 2. The second kappa shape index (κ2) is 3.38. The van der Waals surface area contributed by atoms with E-state index in [0.717, 1.165) is 4.90 Å². The molecule has 82 valence electrons. The molecule has 1 heterocycles. The van der Waals surface area contributed by atoms with Crippen molar-refractivity contribution in [2.45, 2.75) is 24.4 Å². The quantitative estimate of drug-likeness (QED) is 0.542. The molecule has 0 aromatic rings. The predicted octanol–water partition coefficient (Wildman–Crippen LogP) is 0.315. The smallest absolute Gasteiger partial charge is 0.324 e. The minimum atomic E-state index is -4.13. The molecular formula is C7H10F4N2O. The molecule has 14 heavy (non-hydrogen) atoms. The molecule has 0 saturated carbocycles. The van der Waals surface area contributed by atoms with E-state index in [1.807, 2.05) is 0 Å². The lowest BCUT2D eigenvalue weighted by Gasteiger charge is -2.13. The number of amides is 1. The van der Waals surface area contributed by atoms with Crippen molar-refractivity contribution in [2.24, 2.45) is 0 Å². The fraction of sp³-hybridized carbons (Fsp3) is 0.857. The number of likely N-dealkylation sites (N-methyl/N-ethyl adjacent to an activating group) is 2. The summed E-state index contributed by atoms with van der Waals surface area (Å²) in [6, 6.07) is -2.84. The minimum Gasteiger partial charge on any atom is -0.358 e. The first kappa shape index (κ1) is 11.2. The maximum atomic E-state index is 12.8. The number of hydrogen-bond donors (Lipinski definition) is 1. The number of carbonyl (C=O) groups excluding carboxylic acids is 1. The Bertz CT molecular complexity index is 246. The Morgan fingerprint density at radius 2 is 2.00 bits per heavy atom. The number of halogens is 4. The molecule has 1 fully saturated rings. The number of rotatable bonds is 3. The molecule has 1 N–H and O–H groups in total. The average molecular weight is 214 g/mol. The first-order valence-electron chi connectivity index (χ1n) is 3.93. The van der Waals surface area contributed by atoms with Gasteiger partial charge in [0.1, 0.15) is 12.1 Å². The molecule has 1 aliphatic rings. The summed E-state index contributed by atoms with van der Waals surface area (Å²) in [6.45, 7) is 0. The van der Waals surface area contributed by atoms with E-state index in [2.05, 4.69) is 5.32 Å². The molecule has 3 unspecified atom stereocenters. The van der Waals surface area contributed by atoms with Crippen molar-refractivity contribution in [1.29, 1.82) is 0 Å². The highest BCUT2D eigenvalue weighted by atomic mass is 19.3. The molecule has 7 heteroatoms. The molecule has 3 atom stereocenters. The molecule has 0 bridgehead atoms. The van der Waals surface area contributed by atoms with Crippen LogP contribution in [-0.2, 0) is 4.79 Å². The molecule has 0 aliphatic carbocycles. The molecule has 1 rings (SSSR count). The maximum Gasteiger partial charge on any atom is 0.324 e. The second-order valence-corrected chi connectivity index (χ2v) is 3.14. The van der Waals surface area contributed by atoms with Gasteiger partial charge in [-0.2, -0.15) is 8.78 Å². The SMILES string of the molecule is CNC(=O)C1C(C(F)(F)C(F)F)N1C. The zero-order valence-corrected chi connectivity index (χ0v) is 7.60. The first-order chi connectivity index (χ1) is 6.34. The number of nitrogens with zero attached hydrogens (tertiary/aromatic N) is 1. The Morgan fingerprint density at radius 3 is 2.36 bits per heavy atom. The molecule has 0 aromatic carbocycles. The van der Waals surface area contributed by atoms with Crippen LogP contribution in [-0.4, -0.2) is 49.3 Å².